The van der Waals surface area contributed by atoms with Crippen molar-refractivity contribution in [3.8, 4) is 11.4 Å². The van der Waals surface area contributed by atoms with Crippen LogP contribution in [0.2, 0.25) is 0 Å². The summed E-state index contributed by atoms with van der Waals surface area (Å²) in [6, 6.07) is 22.5. The quantitative estimate of drug-likeness (QED) is 0.344. The lowest BCUT2D eigenvalue weighted by Gasteiger charge is -2.34. The number of nitrogens with zero attached hydrogens (tertiary/aromatic N) is 3. The van der Waals surface area contributed by atoms with Crippen molar-refractivity contribution < 1.29 is 5.11 Å². The summed E-state index contributed by atoms with van der Waals surface area (Å²) in [5, 5.41) is 20.8. The lowest BCUT2D eigenvalue weighted by molar-refractivity contribution is 0.283. The third-order valence-electron chi connectivity index (χ3n) is 6.29. The van der Waals surface area contributed by atoms with E-state index in [0.29, 0.717) is 5.69 Å². The zero-order chi connectivity index (χ0) is 23.8. The Morgan fingerprint density at radius 2 is 1.42 bits per heavy atom. The Morgan fingerprint density at radius 1 is 0.848 bits per heavy atom. The maximum absolute atomic E-state index is 11.4. The van der Waals surface area contributed by atoms with E-state index in [1.54, 1.807) is 4.80 Å². The Kier molecular flexibility index (Phi) is 6.04. The molecule has 1 N–H and O–H groups in total. The Labute approximate surface area is 197 Å². The highest BCUT2D eigenvalue weighted by Crippen LogP contribution is 2.42. The Hall–Kier alpha value is -3.14. The van der Waals surface area contributed by atoms with Crippen molar-refractivity contribution >= 4 is 11.0 Å². The topological polar surface area (TPSA) is 50.9 Å². The molecule has 0 amide bonds. The molecule has 4 rings (SSSR count). The minimum absolute atomic E-state index is 0.0749. The van der Waals surface area contributed by atoms with Gasteiger partial charge in [-0.15, -0.1) is 15.0 Å². The van der Waals surface area contributed by atoms with Crippen molar-refractivity contribution in [1.29, 1.82) is 0 Å². The van der Waals surface area contributed by atoms with Crippen molar-refractivity contribution in [1.82, 2.24) is 15.0 Å². The van der Waals surface area contributed by atoms with Gasteiger partial charge < -0.3 is 5.11 Å². The average molecular weight is 442 g/mol. The third kappa shape index (κ3) is 5.11. The molecule has 172 valence electrons. The number of rotatable bonds is 6. The smallest absolute Gasteiger partial charge is 0.146 e. The maximum atomic E-state index is 11.4. The van der Waals surface area contributed by atoms with Gasteiger partial charge in [0.25, 0.3) is 0 Å². The van der Waals surface area contributed by atoms with E-state index in [9.17, 15) is 5.11 Å². The van der Waals surface area contributed by atoms with Crippen LogP contribution in [0, 0.1) is 5.41 Å². The zero-order valence-corrected chi connectivity index (χ0v) is 20.6. The number of fused-ring (bicyclic) bond motifs is 1. The fourth-order valence-corrected chi connectivity index (χ4v) is 5.03. The highest BCUT2D eigenvalue weighted by atomic mass is 16.3. The predicted octanol–water partition coefficient (Wildman–Crippen LogP) is 7.19. The molecule has 4 aromatic rings. The minimum Gasteiger partial charge on any atom is -0.505 e. The summed E-state index contributed by atoms with van der Waals surface area (Å²) in [6.45, 7) is 13.6. The van der Waals surface area contributed by atoms with Crippen LogP contribution in [0.15, 0.2) is 66.7 Å². The first-order valence-electron chi connectivity index (χ1n) is 11.8. The van der Waals surface area contributed by atoms with Gasteiger partial charge in [-0.05, 0) is 64.5 Å². The van der Waals surface area contributed by atoms with Crippen LogP contribution in [0.3, 0.4) is 0 Å². The zero-order valence-electron chi connectivity index (χ0n) is 20.6. The van der Waals surface area contributed by atoms with Crippen LogP contribution in [-0.4, -0.2) is 20.1 Å². The second-order valence-corrected chi connectivity index (χ2v) is 11.1. The van der Waals surface area contributed by atoms with Gasteiger partial charge in [-0.3, -0.25) is 0 Å². The van der Waals surface area contributed by atoms with E-state index < -0.39 is 0 Å². The second kappa shape index (κ2) is 8.66. The van der Waals surface area contributed by atoms with E-state index >= 15 is 0 Å². The molecule has 4 heteroatoms. The second-order valence-electron chi connectivity index (χ2n) is 11.1. The van der Waals surface area contributed by atoms with Crippen LogP contribution >= 0.6 is 0 Å². The largest absolute Gasteiger partial charge is 0.505 e. The number of hydrogen-bond donors (Lipinski definition) is 1. The number of aromatic nitrogens is 3. The van der Waals surface area contributed by atoms with E-state index in [0.717, 1.165) is 29.4 Å². The summed E-state index contributed by atoms with van der Waals surface area (Å²) < 4.78 is 0. The molecule has 1 aromatic heterocycles. The Bertz CT molecular complexity index is 1220. The van der Waals surface area contributed by atoms with Crippen molar-refractivity contribution in [2.45, 2.75) is 65.7 Å². The van der Waals surface area contributed by atoms with E-state index in [1.807, 2.05) is 30.3 Å². The van der Waals surface area contributed by atoms with Crippen LogP contribution < -0.4 is 0 Å². The molecule has 0 radical (unpaired) electrons. The Morgan fingerprint density at radius 3 is 2.00 bits per heavy atom. The van der Waals surface area contributed by atoms with Gasteiger partial charge in [0.2, 0.25) is 0 Å². The van der Waals surface area contributed by atoms with E-state index in [2.05, 4.69) is 88.1 Å². The maximum Gasteiger partial charge on any atom is 0.146 e. The average Bonchev–Trinajstić information content (AvgIpc) is 3.16. The lowest BCUT2D eigenvalue weighted by Crippen LogP contribution is -2.25. The Balaban J connectivity index is 1.85. The molecule has 33 heavy (non-hydrogen) atoms. The molecule has 3 aromatic carbocycles. The van der Waals surface area contributed by atoms with Crippen LogP contribution in [0.5, 0.6) is 5.75 Å². The van der Waals surface area contributed by atoms with Crippen molar-refractivity contribution in [3.05, 3.63) is 83.4 Å². The summed E-state index contributed by atoms with van der Waals surface area (Å²) in [5.74, 6) is 0.399. The van der Waals surface area contributed by atoms with Gasteiger partial charge in [-0.25, -0.2) is 0 Å². The summed E-state index contributed by atoms with van der Waals surface area (Å²) in [6.07, 6.45) is 1.87. The summed E-state index contributed by atoms with van der Waals surface area (Å²) in [7, 11) is 0. The van der Waals surface area contributed by atoms with Gasteiger partial charge in [0.05, 0.1) is 0 Å². The third-order valence-corrected chi connectivity index (χ3v) is 6.29. The number of hydrogen-bond acceptors (Lipinski definition) is 3. The van der Waals surface area contributed by atoms with E-state index in [4.69, 9.17) is 0 Å². The number of aromatic hydroxyl groups is 1. The van der Waals surface area contributed by atoms with Crippen molar-refractivity contribution in [2.75, 3.05) is 0 Å². The summed E-state index contributed by atoms with van der Waals surface area (Å²) in [4.78, 5) is 1.59. The molecule has 4 nitrogen and oxygen atoms in total. The van der Waals surface area contributed by atoms with Crippen molar-refractivity contribution in [2.24, 2.45) is 5.41 Å². The van der Waals surface area contributed by atoms with E-state index in [-0.39, 0.29) is 22.5 Å². The first-order valence-corrected chi connectivity index (χ1v) is 11.8. The first kappa shape index (κ1) is 23.0. The van der Waals surface area contributed by atoms with Gasteiger partial charge in [0.15, 0.2) is 0 Å². The monoisotopic (exact) mass is 441 g/mol. The molecule has 1 unspecified atom stereocenters. The normalized spacial score (nSPS) is 13.4. The van der Waals surface area contributed by atoms with Gasteiger partial charge >= 0.3 is 0 Å². The molecule has 1 heterocycles. The van der Waals surface area contributed by atoms with Crippen LogP contribution in [0.4, 0.5) is 0 Å². The predicted molar refractivity (Wildman–Crippen MR) is 136 cm³/mol. The van der Waals surface area contributed by atoms with Gasteiger partial charge in [-0.1, -0.05) is 90.1 Å². The van der Waals surface area contributed by atoms with Gasteiger partial charge in [0, 0.05) is 0 Å². The fourth-order valence-electron chi connectivity index (χ4n) is 5.03. The van der Waals surface area contributed by atoms with Crippen LogP contribution in [-0.2, 0) is 11.8 Å². The molecule has 0 saturated carbocycles. The summed E-state index contributed by atoms with van der Waals surface area (Å²) in [5.41, 5.74) is 5.76. The lowest BCUT2D eigenvalue weighted by atomic mass is 9.71. The van der Waals surface area contributed by atoms with Crippen LogP contribution in [0.25, 0.3) is 16.7 Å². The summed E-state index contributed by atoms with van der Waals surface area (Å²) >= 11 is 0. The van der Waals surface area contributed by atoms with Crippen LogP contribution in [0.1, 0.15) is 70.6 Å². The molecular weight excluding hydrogens is 406 g/mol. The molecule has 0 aliphatic carbocycles. The molecule has 0 aliphatic heterocycles. The SMILES string of the molecule is CC(Cc1ccccc1)c1cc(C(C)(C)CC(C)(C)C)cc(-n2nc3ccccc3n2)c1O. The molecule has 0 saturated heterocycles. The molecule has 1 atom stereocenters. The molecule has 0 spiro atoms. The number of phenols is 1. The standard InChI is InChI=1S/C29H35N3O/c1-20(16-21-12-8-7-9-13-21)23-17-22(29(5,6)19-28(2,3)4)18-26(27(23)33)32-30-24-14-10-11-15-25(24)31-32/h7-15,17-18,20,33H,16,19H2,1-6H3. The highest BCUT2D eigenvalue weighted by molar-refractivity contribution is 5.73. The highest BCUT2D eigenvalue weighted by Gasteiger charge is 2.30. The van der Waals surface area contributed by atoms with E-state index in [1.165, 1.54) is 11.1 Å². The van der Waals surface area contributed by atoms with Crippen molar-refractivity contribution in [3.63, 3.8) is 0 Å². The molecule has 0 bridgehead atoms. The minimum atomic E-state index is -0.0749. The molecule has 0 fully saturated rings. The fraction of sp³-hybridized carbons (Fsp3) is 0.379. The number of benzene rings is 3. The first-order chi connectivity index (χ1) is 15.5. The molecular formula is C29H35N3O. The van der Waals surface area contributed by atoms with Gasteiger partial charge in [-0.2, -0.15) is 0 Å². The van der Waals surface area contributed by atoms with Gasteiger partial charge in [0.1, 0.15) is 22.5 Å². The number of phenolic OH excluding ortho intramolecular Hbond substituents is 1. The molecule has 0 aliphatic rings.